The summed E-state index contributed by atoms with van der Waals surface area (Å²) in [6.45, 7) is 6.49. The van der Waals surface area contributed by atoms with Crippen LogP contribution in [0.15, 0.2) is 25.3 Å². The first kappa shape index (κ1) is 14.0. The fraction of sp³-hybridized carbons (Fsp3) is 0.333. The van der Waals surface area contributed by atoms with E-state index in [2.05, 4.69) is 17.6 Å². The smallest absolute Gasteiger partial charge is 0.392 e. The Bertz CT molecular complexity index is 120. The molecule has 0 amide bonds. The fourth-order valence-corrected chi connectivity index (χ4v) is 0.512. The van der Waals surface area contributed by atoms with Crippen molar-refractivity contribution in [2.75, 3.05) is 13.2 Å². The molecule has 0 aromatic carbocycles. The van der Waals surface area contributed by atoms with Crippen LogP contribution in [-0.2, 0) is 4.43 Å². The molecule has 0 saturated heterocycles. The van der Waals surface area contributed by atoms with Gasteiger partial charge in [0.2, 0.25) is 0 Å². The minimum Gasteiger partial charge on any atom is -0.392 e. The van der Waals surface area contributed by atoms with Gasteiger partial charge < -0.3 is 23.9 Å². The standard InChI is InChI=1S/C3H8O4Si.C3H6O/c1-2-3-7-8(4,5)6;1-2-3-4/h2,4-6H,1,3H2;2,4H,1,3H2. The second-order valence-electron chi connectivity index (χ2n) is 1.64. The van der Waals surface area contributed by atoms with Crippen LogP contribution in [0.1, 0.15) is 0 Å². The maximum absolute atomic E-state index is 8.13. The van der Waals surface area contributed by atoms with Crippen LogP contribution in [0.25, 0.3) is 0 Å². The average Bonchev–Trinajstić information content (AvgIpc) is 2.00. The van der Waals surface area contributed by atoms with Crippen molar-refractivity contribution in [2.45, 2.75) is 0 Å². The summed E-state index contributed by atoms with van der Waals surface area (Å²) in [4.78, 5) is 24.4. The lowest BCUT2D eigenvalue weighted by atomic mass is 10.7. The molecule has 0 aliphatic heterocycles. The molecule has 0 aromatic rings. The van der Waals surface area contributed by atoms with Gasteiger partial charge in [-0.3, -0.25) is 0 Å². The average molecular weight is 194 g/mol. The summed E-state index contributed by atoms with van der Waals surface area (Å²) in [5.41, 5.74) is 0. The summed E-state index contributed by atoms with van der Waals surface area (Å²) in [5, 5.41) is 7.76. The highest BCUT2D eigenvalue weighted by Crippen LogP contribution is 1.86. The van der Waals surface area contributed by atoms with Gasteiger partial charge in [-0.2, -0.15) is 0 Å². The van der Waals surface area contributed by atoms with Crippen LogP contribution < -0.4 is 0 Å². The molecular weight excluding hydrogens is 180 g/mol. The molecule has 12 heavy (non-hydrogen) atoms. The van der Waals surface area contributed by atoms with Gasteiger partial charge in [0.05, 0.1) is 13.2 Å². The second kappa shape index (κ2) is 8.59. The zero-order valence-electron chi connectivity index (χ0n) is 6.68. The summed E-state index contributed by atoms with van der Waals surface area (Å²) < 4.78 is 4.07. The van der Waals surface area contributed by atoms with Gasteiger partial charge in [0.25, 0.3) is 0 Å². The van der Waals surface area contributed by atoms with Crippen LogP contribution in [0.4, 0.5) is 0 Å². The Morgan fingerprint density at radius 1 is 1.17 bits per heavy atom. The maximum atomic E-state index is 8.13. The van der Waals surface area contributed by atoms with Crippen molar-refractivity contribution in [3.63, 3.8) is 0 Å². The topological polar surface area (TPSA) is 90.2 Å². The Morgan fingerprint density at radius 3 is 1.67 bits per heavy atom. The number of aliphatic hydroxyl groups is 1. The van der Waals surface area contributed by atoms with Gasteiger partial charge in [0.1, 0.15) is 0 Å². The SMILES string of the molecule is C=CCO.C=CCO[Si](O)(O)O. The number of rotatable bonds is 4. The predicted molar refractivity (Wildman–Crippen MR) is 45.8 cm³/mol. The van der Waals surface area contributed by atoms with Gasteiger partial charge >= 0.3 is 9.05 Å². The molecule has 0 rings (SSSR count). The molecular formula is C6H14O5Si. The predicted octanol–water partition coefficient (Wildman–Crippen LogP) is -1.23. The Morgan fingerprint density at radius 2 is 1.58 bits per heavy atom. The molecule has 0 atom stereocenters. The third-order valence-corrected chi connectivity index (χ3v) is 1.08. The largest absolute Gasteiger partial charge is 0.671 e. The van der Waals surface area contributed by atoms with Gasteiger partial charge in [-0.15, -0.1) is 13.2 Å². The molecule has 0 aromatic heterocycles. The highest BCUT2D eigenvalue weighted by molar-refractivity contribution is 6.48. The Balaban J connectivity index is 0. The van der Waals surface area contributed by atoms with Gasteiger partial charge in [0, 0.05) is 0 Å². The summed E-state index contributed by atoms with van der Waals surface area (Å²) in [7, 11) is -4.25. The summed E-state index contributed by atoms with van der Waals surface area (Å²) in [6, 6.07) is 0. The molecule has 0 aliphatic carbocycles. The van der Waals surface area contributed by atoms with E-state index in [1.807, 2.05) is 0 Å². The van der Waals surface area contributed by atoms with E-state index < -0.39 is 9.05 Å². The first-order valence-electron chi connectivity index (χ1n) is 3.11. The zero-order valence-corrected chi connectivity index (χ0v) is 7.68. The molecule has 72 valence electrons. The molecule has 6 heteroatoms. The Labute approximate surface area is 72.4 Å². The minimum atomic E-state index is -4.25. The molecule has 0 aliphatic rings. The van der Waals surface area contributed by atoms with Crippen LogP contribution in [0.2, 0.25) is 0 Å². The first-order chi connectivity index (χ1) is 5.47. The lowest BCUT2D eigenvalue weighted by Crippen LogP contribution is -2.38. The number of aliphatic hydroxyl groups excluding tert-OH is 1. The van der Waals surface area contributed by atoms with Crippen molar-refractivity contribution >= 4 is 9.05 Å². The second-order valence-corrected chi connectivity index (χ2v) is 3.08. The molecule has 0 radical (unpaired) electrons. The van der Waals surface area contributed by atoms with Crippen molar-refractivity contribution in [1.29, 1.82) is 0 Å². The van der Waals surface area contributed by atoms with Gasteiger partial charge in [0.15, 0.2) is 0 Å². The molecule has 0 heterocycles. The van der Waals surface area contributed by atoms with Crippen LogP contribution in [0.3, 0.4) is 0 Å². The van der Waals surface area contributed by atoms with E-state index in [0.717, 1.165) is 0 Å². The molecule has 0 unspecified atom stereocenters. The molecule has 0 saturated carbocycles. The minimum absolute atomic E-state index is 0.0459. The lowest BCUT2D eigenvalue weighted by Gasteiger charge is -2.05. The van der Waals surface area contributed by atoms with Crippen molar-refractivity contribution in [1.82, 2.24) is 0 Å². The van der Waals surface area contributed by atoms with Crippen LogP contribution in [-0.4, -0.2) is 41.8 Å². The van der Waals surface area contributed by atoms with E-state index in [0.29, 0.717) is 0 Å². The van der Waals surface area contributed by atoms with Gasteiger partial charge in [-0.1, -0.05) is 12.2 Å². The summed E-state index contributed by atoms with van der Waals surface area (Å²) in [5.74, 6) is 0. The van der Waals surface area contributed by atoms with Crippen molar-refractivity contribution in [2.24, 2.45) is 0 Å². The van der Waals surface area contributed by atoms with Crippen molar-refractivity contribution in [3.05, 3.63) is 25.3 Å². The van der Waals surface area contributed by atoms with Crippen LogP contribution >= 0.6 is 0 Å². The molecule has 5 nitrogen and oxygen atoms in total. The van der Waals surface area contributed by atoms with E-state index in [-0.39, 0.29) is 13.2 Å². The van der Waals surface area contributed by atoms with E-state index >= 15 is 0 Å². The Hall–Kier alpha value is -0.503. The highest BCUT2D eigenvalue weighted by Gasteiger charge is 2.29. The van der Waals surface area contributed by atoms with E-state index in [9.17, 15) is 0 Å². The normalized spacial score (nSPS) is 9.67. The third-order valence-electron chi connectivity index (χ3n) is 0.524. The third kappa shape index (κ3) is 22.7. The Kier molecular flexibility index (Phi) is 10.1. The summed E-state index contributed by atoms with van der Waals surface area (Å²) in [6.07, 6.45) is 2.74. The molecule has 4 N–H and O–H groups in total. The van der Waals surface area contributed by atoms with E-state index in [4.69, 9.17) is 19.5 Å². The number of hydrogen-bond acceptors (Lipinski definition) is 5. The van der Waals surface area contributed by atoms with Gasteiger partial charge in [-0.05, 0) is 0 Å². The van der Waals surface area contributed by atoms with Crippen molar-refractivity contribution in [3.8, 4) is 0 Å². The van der Waals surface area contributed by atoms with Gasteiger partial charge in [-0.25, -0.2) is 0 Å². The molecule has 0 fully saturated rings. The van der Waals surface area contributed by atoms with E-state index in [1.54, 1.807) is 0 Å². The van der Waals surface area contributed by atoms with Crippen molar-refractivity contribution < 1.29 is 23.9 Å². The quantitative estimate of drug-likeness (QED) is 0.332. The van der Waals surface area contributed by atoms with E-state index in [1.165, 1.54) is 12.2 Å². The zero-order chi connectivity index (χ0) is 10.0. The lowest BCUT2D eigenvalue weighted by molar-refractivity contribution is 0.0746. The monoisotopic (exact) mass is 194 g/mol. The first-order valence-corrected chi connectivity index (χ1v) is 4.86. The molecule has 0 bridgehead atoms. The van der Waals surface area contributed by atoms with Crippen LogP contribution in [0.5, 0.6) is 0 Å². The van der Waals surface area contributed by atoms with Crippen LogP contribution in [0, 0.1) is 0 Å². The maximum Gasteiger partial charge on any atom is 0.671 e. The number of hydrogen-bond donors (Lipinski definition) is 4. The highest BCUT2D eigenvalue weighted by atomic mass is 28.4. The fourth-order valence-electron chi connectivity index (χ4n) is 0.171. The summed E-state index contributed by atoms with van der Waals surface area (Å²) >= 11 is 0. The molecule has 0 spiro atoms.